The van der Waals surface area contributed by atoms with Crippen LogP contribution >= 0.6 is 23.5 Å². The van der Waals surface area contributed by atoms with Crippen LogP contribution in [-0.2, 0) is 19.1 Å². The summed E-state index contributed by atoms with van der Waals surface area (Å²) >= 11 is 2.48. The van der Waals surface area contributed by atoms with E-state index in [1.165, 1.54) is 23.5 Å². The van der Waals surface area contributed by atoms with Gasteiger partial charge in [-0.05, 0) is 31.3 Å². The highest BCUT2D eigenvalue weighted by Crippen LogP contribution is 2.42. The van der Waals surface area contributed by atoms with Gasteiger partial charge in [0.25, 0.3) is 11.8 Å². The predicted molar refractivity (Wildman–Crippen MR) is 99.3 cm³/mol. The van der Waals surface area contributed by atoms with E-state index in [4.69, 9.17) is 4.74 Å². The fraction of sp³-hybridized carbons (Fsp3) is 0.750. The average Bonchev–Trinajstić information content (AvgIpc) is 2.57. The van der Waals surface area contributed by atoms with Gasteiger partial charge in [0, 0.05) is 0 Å². The molecule has 7 nitrogen and oxygen atoms in total. The Morgan fingerprint density at radius 3 is 2.12 bits per heavy atom. The maximum Gasteiger partial charge on any atom is 0.331 e. The molecule has 1 fully saturated rings. The van der Waals surface area contributed by atoms with Crippen LogP contribution in [0.25, 0.3) is 0 Å². The second-order valence-electron chi connectivity index (χ2n) is 5.48. The van der Waals surface area contributed by atoms with Gasteiger partial charge in [0.1, 0.15) is 6.54 Å². The van der Waals surface area contributed by atoms with Crippen LogP contribution in [-0.4, -0.2) is 57.5 Å². The van der Waals surface area contributed by atoms with Crippen molar-refractivity contribution in [3.63, 3.8) is 0 Å². The maximum atomic E-state index is 13.0. The summed E-state index contributed by atoms with van der Waals surface area (Å²) in [6.07, 6.45) is 3.58. The molecule has 0 bridgehead atoms. The van der Waals surface area contributed by atoms with Crippen molar-refractivity contribution in [3.05, 3.63) is 0 Å². The lowest BCUT2D eigenvalue weighted by atomic mass is 10.2. The van der Waals surface area contributed by atoms with Crippen LogP contribution in [0, 0.1) is 0 Å². The molecule has 9 heteroatoms. The van der Waals surface area contributed by atoms with Gasteiger partial charge in [-0.2, -0.15) is 0 Å². The number of barbiturate groups is 1. The molecule has 0 radical (unpaired) electrons. The maximum absolute atomic E-state index is 13.0. The molecule has 1 aliphatic rings. The second kappa shape index (κ2) is 10.7. The Labute approximate surface area is 157 Å². The number of hydrogen-bond acceptors (Lipinski definition) is 7. The Hall–Kier alpha value is -1.22. The zero-order chi connectivity index (χ0) is 18.9. The van der Waals surface area contributed by atoms with Gasteiger partial charge < -0.3 is 4.74 Å². The lowest BCUT2D eigenvalue weighted by Crippen LogP contribution is -2.66. The molecule has 0 saturated carbocycles. The van der Waals surface area contributed by atoms with Crippen LogP contribution in [0.1, 0.15) is 46.5 Å². The topological polar surface area (TPSA) is 92.8 Å². The Morgan fingerprint density at radius 1 is 1.08 bits per heavy atom. The van der Waals surface area contributed by atoms with E-state index in [0.717, 1.165) is 30.6 Å². The van der Waals surface area contributed by atoms with Gasteiger partial charge in [0.15, 0.2) is 0 Å². The molecular formula is C16H26N2O5S2. The predicted octanol–water partition coefficient (Wildman–Crippen LogP) is 2.39. The minimum Gasteiger partial charge on any atom is -0.465 e. The largest absolute Gasteiger partial charge is 0.465 e. The Bertz CT molecular complexity index is 503. The monoisotopic (exact) mass is 390 g/mol. The first-order valence-corrected chi connectivity index (χ1v) is 10.5. The molecule has 4 amide bonds. The number of nitrogens with one attached hydrogen (secondary N) is 1. The van der Waals surface area contributed by atoms with Crippen molar-refractivity contribution in [2.75, 3.05) is 24.7 Å². The summed E-state index contributed by atoms with van der Waals surface area (Å²) in [6, 6.07) is -0.870. The number of ether oxygens (including phenoxy) is 1. The fourth-order valence-corrected chi connectivity index (χ4v) is 5.22. The smallest absolute Gasteiger partial charge is 0.331 e. The van der Waals surface area contributed by atoms with Gasteiger partial charge in [-0.3, -0.25) is 24.6 Å². The van der Waals surface area contributed by atoms with Crippen molar-refractivity contribution in [1.29, 1.82) is 0 Å². The van der Waals surface area contributed by atoms with Crippen molar-refractivity contribution in [3.8, 4) is 0 Å². The summed E-state index contributed by atoms with van der Waals surface area (Å²) in [6.45, 7) is 5.36. The minimum atomic E-state index is -1.43. The molecule has 0 aliphatic carbocycles. The van der Waals surface area contributed by atoms with Gasteiger partial charge in [-0.15, -0.1) is 23.5 Å². The molecule has 25 heavy (non-hydrogen) atoms. The van der Waals surface area contributed by atoms with Crippen molar-refractivity contribution in [2.45, 2.75) is 50.5 Å². The molecule has 1 heterocycles. The van der Waals surface area contributed by atoms with E-state index >= 15 is 0 Å². The normalized spacial score (nSPS) is 16.8. The molecule has 0 aromatic carbocycles. The van der Waals surface area contributed by atoms with Crippen LogP contribution in [0.5, 0.6) is 0 Å². The Morgan fingerprint density at radius 2 is 1.64 bits per heavy atom. The van der Waals surface area contributed by atoms with Crippen molar-refractivity contribution in [1.82, 2.24) is 10.2 Å². The SMILES string of the molecule is CCCCSC1(SCCCC)C(=O)NC(=O)N(CC(=O)OCC)C1=O. The number of hydrogen-bond donors (Lipinski definition) is 1. The van der Waals surface area contributed by atoms with Crippen molar-refractivity contribution >= 4 is 47.3 Å². The van der Waals surface area contributed by atoms with E-state index in [1.54, 1.807) is 6.92 Å². The molecule has 0 unspecified atom stereocenters. The zero-order valence-corrected chi connectivity index (χ0v) is 16.6. The number of nitrogens with zero attached hydrogens (tertiary/aromatic N) is 1. The highest BCUT2D eigenvalue weighted by Gasteiger charge is 2.55. The molecule has 1 saturated heterocycles. The van der Waals surface area contributed by atoms with E-state index < -0.39 is 34.4 Å². The number of imide groups is 2. The molecular weight excluding hydrogens is 364 g/mol. The highest BCUT2D eigenvalue weighted by molar-refractivity contribution is 8.20. The average molecular weight is 391 g/mol. The first kappa shape index (κ1) is 21.8. The van der Waals surface area contributed by atoms with E-state index in [1.807, 2.05) is 13.8 Å². The molecule has 0 atom stereocenters. The third-order valence-corrected chi connectivity index (χ3v) is 6.72. The highest BCUT2D eigenvalue weighted by atomic mass is 32.2. The molecule has 0 aromatic heterocycles. The van der Waals surface area contributed by atoms with Crippen LogP contribution in [0.3, 0.4) is 0 Å². The van der Waals surface area contributed by atoms with Crippen molar-refractivity contribution < 1.29 is 23.9 Å². The number of carbonyl (C=O) groups excluding carboxylic acids is 4. The van der Waals surface area contributed by atoms with Gasteiger partial charge in [-0.25, -0.2) is 4.79 Å². The van der Waals surface area contributed by atoms with Crippen LogP contribution < -0.4 is 5.32 Å². The number of urea groups is 1. The second-order valence-corrected chi connectivity index (χ2v) is 8.35. The van der Waals surface area contributed by atoms with Crippen molar-refractivity contribution in [2.24, 2.45) is 0 Å². The van der Waals surface area contributed by atoms with E-state index in [0.29, 0.717) is 11.5 Å². The summed E-state index contributed by atoms with van der Waals surface area (Å²) in [5.41, 5.74) is 0. The zero-order valence-electron chi connectivity index (χ0n) is 15.0. The summed E-state index contributed by atoms with van der Waals surface area (Å²) in [7, 11) is 0. The first-order chi connectivity index (χ1) is 11.9. The molecule has 1 aliphatic heterocycles. The fourth-order valence-electron chi connectivity index (χ4n) is 2.11. The molecule has 0 spiro atoms. The summed E-state index contributed by atoms with van der Waals surface area (Å²) in [5, 5.41) is 2.23. The summed E-state index contributed by atoms with van der Waals surface area (Å²) in [5.74, 6) is -0.681. The van der Waals surface area contributed by atoms with E-state index in [2.05, 4.69) is 5.32 Å². The molecule has 1 N–H and O–H groups in total. The van der Waals surface area contributed by atoms with E-state index in [9.17, 15) is 19.2 Å². The Kier molecular flexibility index (Phi) is 9.34. The van der Waals surface area contributed by atoms with Gasteiger partial charge in [0.05, 0.1) is 6.61 Å². The van der Waals surface area contributed by atoms with Gasteiger partial charge in [0.2, 0.25) is 4.08 Å². The van der Waals surface area contributed by atoms with Gasteiger partial charge in [-0.1, -0.05) is 26.7 Å². The standard InChI is InChI=1S/C16H26N2O5S2/c1-4-7-9-24-16(25-10-8-5-2)13(20)17-15(22)18(14(16)21)11-12(19)23-6-3/h4-11H2,1-3H3,(H,17,20,22). The number of amides is 4. The third kappa shape index (κ3) is 5.64. The lowest BCUT2D eigenvalue weighted by Gasteiger charge is -2.37. The Balaban J connectivity index is 3.03. The number of thioether (sulfide) groups is 2. The summed E-state index contributed by atoms with van der Waals surface area (Å²) in [4.78, 5) is 50.1. The first-order valence-electron chi connectivity index (χ1n) is 8.53. The number of unbranched alkanes of at least 4 members (excludes halogenated alkanes) is 2. The van der Waals surface area contributed by atoms with Crippen LogP contribution in [0.4, 0.5) is 4.79 Å². The third-order valence-electron chi connectivity index (χ3n) is 3.49. The van der Waals surface area contributed by atoms with E-state index in [-0.39, 0.29) is 6.61 Å². The molecule has 1 rings (SSSR count). The summed E-state index contributed by atoms with van der Waals surface area (Å²) < 4.78 is 3.40. The van der Waals surface area contributed by atoms with Crippen LogP contribution in [0.2, 0.25) is 0 Å². The molecule has 142 valence electrons. The molecule has 0 aromatic rings. The lowest BCUT2D eigenvalue weighted by molar-refractivity contribution is -0.149. The number of carbonyl (C=O) groups is 4. The quantitative estimate of drug-likeness (QED) is 0.251. The van der Waals surface area contributed by atoms with Crippen LogP contribution in [0.15, 0.2) is 0 Å². The number of rotatable bonds is 11. The minimum absolute atomic E-state index is 0.156. The number of esters is 1. The van der Waals surface area contributed by atoms with Gasteiger partial charge >= 0.3 is 12.0 Å².